The van der Waals surface area contributed by atoms with Crippen LogP contribution >= 0.6 is 11.3 Å². The van der Waals surface area contributed by atoms with Crippen LogP contribution in [0.5, 0.6) is 0 Å². The van der Waals surface area contributed by atoms with Crippen molar-refractivity contribution in [3.05, 3.63) is 52.2 Å². The van der Waals surface area contributed by atoms with E-state index in [0.717, 1.165) is 6.26 Å². The number of halogens is 3. The summed E-state index contributed by atoms with van der Waals surface area (Å²) < 4.78 is 62.2. The van der Waals surface area contributed by atoms with Gasteiger partial charge in [-0.15, -0.1) is 11.3 Å². The van der Waals surface area contributed by atoms with E-state index in [9.17, 15) is 21.6 Å². The minimum absolute atomic E-state index is 0.111. The number of sulfone groups is 1. The number of nitrogens with zero attached hydrogens (tertiary/aromatic N) is 1. The van der Waals surface area contributed by atoms with Crippen LogP contribution in [-0.4, -0.2) is 33.2 Å². The van der Waals surface area contributed by atoms with Crippen molar-refractivity contribution in [1.82, 2.24) is 5.32 Å². The number of rotatable bonds is 3. The van der Waals surface area contributed by atoms with Gasteiger partial charge in [-0.05, 0) is 29.1 Å². The Bertz CT molecular complexity index is 872. The van der Waals surface area contributed by atoms with Crippen LogP contribution in [0.3, 0.4) is 0 Å². The van der Waals surface area contributed by atoms with Crippen molar-refractivity contribution in [1.29, 1.82) is 0 Å². The van der Waals surface area contributed by atoms with E-state index < -0.39 is 27.4 Å². The normalized spacial score (nSPS) is 21.4. The van der Waals surface area contributed by atoms with Gasteiger partial charge in [-0.25, -0.2) is 8.42 Å². The Hall–Kier alpha value is -1.87. The molecule has 1 unspecified atom stereocenters. The zero-order chi connectivity index (χ0) is 17.6. The van der Waals surface area contributed by atoms with Gasteiger partial charge in [0.1, 0.15) is 5.54 Å². The van der Waals surface area contributed by atoms with Crippen molar-refractivity contribution in [2.24, 2.45) is 4.99 Å². The molecule has 0 saturated heterocycles. The lowest BCUT2D eigenvalue weighted by molar-refractivity contribution is -0.0617. The first kappa shape index (κ1) is 17.0. The Morgan fingerprint density at radius 3 is 2.33 bits per heavy atom. The molecule has 1 aliphatic heterocycles. The summed E-state index contributed by atoms with van der Waals surface area (Å²) in [5.41, 5.74) is -0.616. The number of nitrogens with one attached hydrogen (secondary N) is 1. The topological polar surface area (TPSA) is 58.5 Å². The number of benzene rings is 1. The Balaban J connectivity index is 2.06. The van der Waals surface area contributed by atoms with Crippen LogP contribution in [0.15, 0.2) is 51.7 Å². The smallest absolute Gasteiger partial charge is 0.350 e. The summed E-state index contributed by atoms with van der Waals surface area (Å²) in [7, 11) is -3.38. The summed E-state index contributed by atoms with van der Waals surface area (Å²) in [5.74, 6) is -1.02. The molecule has 1 aromatic heterocycles. The molecule has 1 N–H and O–H groups in total. The largest absolute Gasteiger partial charge is 0.448 e. The number of hydrogen-bond acceptors (Lipinski definition) is 5. The van der Waals surface area contributed by atoms with Crippen molar-refractivity contribution < 1.29 is 21.6 Å². The summed E-state index contributed by atoms with van der Waals surface area (Å²) >= 11 is 1.31. The molecular formula is C15H13F3N2O2S2. The van der Waals surface area contributed by atoms with Crippen molar-refractivity contribution in [3.8, 4) is 0 Å². The number of amidine groups is 1. The van der Waals surface area contributed by atoms with Gasteiger partial charge in [0.15, 0.2) is 9.84 Å². The van der Waals surface area contributed by atoms with Gasteiger partial charge in [-0.1, -0.05) is 18.2 Å². The second-order valence-corrected chi connectivity index (χ2v) is 8.43. The van der Waals surface area contributed by atoms with Crippen LogP contribution in [0, 0.1) is 0 Å². The molecule has 4 nitrogen and oxygen atoms in total. The molecule has 1 aliphatic rings. The Labute approximate surface area is 141 Å². The van der Waals surface area contributed by atoms with E-state index in [1.807, 2.05) is 0 Å². The second-order valence-electron chi connectivity index (χ2n) is 5.47. The molecule has 0 bridgehead atoms. The van der Waals surface area contributed by atoms with E-state index in [1.54, 1.807) is 17.5 Å². The lowest BCUT2D eigenvalue weighted by Crippen LogP contribution is -2.47. The molecule has 0 aliphatic carbocycles. The molecule has 0 saturated carbocycles. The number of aliphatic imine (C=N–C) groups is 1. The van der Waals surface area contributed by atoms with Gasteiger partial charge in [0.25, 0.3) is 0 Å². The van der Waals surface area contributed by atoms with Gasteiger partial charge in [-0.3, -0.25) is 4.99 Å². The molecule has 1 atom stereocenters. The van der Waals surface area contributed by atoms with Crippen molar-refractivity contribution in [3.63, 3.8) is 0 Å². The molecule has 2 aromatic rings. The highest BCUT2D eigenvalue weighted by atomic mass is 32.2. The number of alkyl halides is 3. The van der Waals surface area contributed by atoms with Crippen LogP contribution in [0.1, 0.15) is 10.4 Å². The highest BCUT2D eigenvalue weighted by molar-refractivity contribution is 7.90. The van der Waals surface area contributed by atoms with Crippen LogP contribution < -0.4 is 5.32 Å². The fourth-order valence-corrected chi connectivity index (χ4v) is 4.12. The Kier molecular flexibility index (Phi) is 3.95. The first-order valence-corrected chi connectivity index (χ1v) is 9.64. The van der Waals surface area contributed by atoms with E-state index in [2.05, 4.69) is 10.3 Å². The minimum atomic E-state index is -4.56. The van der Waals surface area contributed by atoms with Gasteiger partial charge >= 0.3 is 6.18 Å². The van der Waals surface area contributed by atoms with E-state index in [1.165, 1.54) is 35.6 Å². The average molecular weight is 374 g/mol. The predicted molar refractivity (Wildman–Crippen MR) is 86.1 cm³/mol. The van der Waals surface area contributed by atoms with Gasteiger partial charge in [-0.2, -0.15) is 13.2 Å². The maximum Gasteiger partial charge on any atom is 0.448 e. The van der Waals surface area contributed by atoms with Crippen LogP contribution in [-0.2, 0) is 15.4 Å². The SMILES string of the molecule is CS(=O)(=O)c1ccc(C2(c3cccs3)CN=C(C(F)(F)F)N2)cc1. The highest BCUT2D eigenvalue weighted by Gasteiger charge is 2.48. The molecular weight excluding hydrogens is 361 g/mol. The molecule has 2 heterocycles. The summed E-state index contributed by atoms with van der Waals surface area (Å²) in [6.07, 6.45) is -3.48. The number of hydrogen-bond donors (Lipinski definition) is 1. The van der Waals surface area contributed by atoms with E-state index >= 15 is 0 Å². The lowest BCUT2D eigenvalue weighted by atomic mass is 9.89. The minimum Gasteiger partial charge on any atom is -0.350 e. The zero-order valence-electron chi connectivity index (χ0n) is 12.5. The third-order valence-corrected chi connectivity index (χ3v) is 5.95. The highest BCUT2D eigenvalue weighted by Crippen LogP contribution is 2.38. The summed E-state index contributed by atoms with van der Waals surface area (Å²) in [6.45, 7) is -0.111. The molecule has 128 valence electrons. The fraction of sp³-hybridized carbons (Fsp3) is 0.267. The van der Waals surface area contributed by atoms with Crippen molar-refractivity contribution in [2.75, 3.05) is 12.8 Å². The molecule has 1 aromatic carbocycles. The molecule has 24 heavy (non-hydrogen) atoms. The molecule has 0 spiro atoms. The predicted octanol–water partition coefficient (Wildman–Crippen LogP) is 2.96. The quantitative estimate of drug-likeness (QED) is 0.899. The second kappa shape index (κ2) is 5.59. The van der Waals surface area contributed by atoms with E-state index in [4.69, 9.17) is 0 Å². The van der Waals surface area contributed by atoms with Gasteiger partial charge in [0, 0.05) is 11.1 Å². The van der Waals surface area contributed by atoms with Crippen LogP contribution in [0.25, 0.3) is 0 Å². The van der Waals surface area contributed by atoms with Gasteiger partial charge < -0.3 is 5.32 Å². The zero-order valence-corrected chi connectivity index (χ0v) is 14.1. The van der Waals surface area contributed by atoms with Crippen molar-refractivity contribution >= 4 is 27.0 Å². The fourth-order valence-electron chi connectivity index (χ4n) is 2.59. The molecule has 0 amide bonds. The first-order chi connectivity index (χ1) is 11.1. The third kappa shape index (κ3) is 2.93. The van der Waals surface area contributed by atoms with Gasteiger partial charge in [0.2, 0.25) is 5.84 Å². The lowest BCUT2D eigenvalue weighted by Gasteiger charge is -2.30. The van der Waals surface area contributed by atoms with Crippen LogP contribution in [0.2, 0.25) is 0 Å². The maximum absolute atomic E-state index is 13.0. The monoisotopic (exact) mass is 374 g/mol. The van der Waals surface area contributed by atoms with Gasteiger partial charge in [0.05, 0.1) is 11.4 Å². The molecule has 9 heteroatoms. The third-order valence-electron chi connectivity index (χ3n) is 3.79. The van der Waals surface area contributed by atoms with E-state index in [0.29, 0.717) is 10.4 Å². The maximum atomic E-state index is 13.0. The van der Waals surface area contributed by atoms with Crippen molar-refractivity contribution in [2.45, 2.75) is 16.6 Å². The molecule has 0 fully saturated rings. The number of thiophene rings is 1. The molecule has 0 radical (unpaired) electrons. The van der Waals surface area contributed by atoms with E-state index in [-0.39, 0.29) is 11.4 Å². The summed E-state index contributed by atoms with van der Waals surface area (Å²) in [6, 6.07) is 9.33. The summed E-state index contributed by atoms with van der Waals surface area (Å²) in [4.78, 5) is 4.42. The summed E-state index contributed by atoms with van der Waals surface area (Å²) in [5, 5.41) is 4.28. The molecule has 3 rings (SSSR count). The first-order valence-electron chi connectivity index (χ1n) is 6.87. The Morgan fingerprint density at radius 2 is 1.88 bits per heavy atom. The standard InChI is InChI=1S/C15H13F3N2O2S2/c1-24(21,22)11-6-4-10(5-7-11)14(12-3-2-8-23-12)9-19-13(20-14)15(16,17)18/h2-8H,9H2,1H3,(H,19,20). The Morgan fingerprint density at radius 1 is 1.21 bits per heavy atom. The van der Waals surface area contributed by atoms with Crippen LogP contribution in [0.4, 0.5) is 13.2 Å². The average Bonchev–Trinajstić information content (AvgIpc) is 3.16.